The zero-order valence-corrected chi connectivity index (χ0v) is 12.5. The van der Waals surface area contributed by atoms with Crippen molar-refractivity contribution >= 4 is 33.0 Å². The third kappa shape index (κ3) is 2.40. The first kappa shape index (κ1) is 13.4. The molecule has 2 atom stereocenters. The van der Waals surface area contributed by atoms with Gasteiger partial charge in [0.05, 0.1) is 5.69 Å². The number of fused-ring (bicyclic) bond motifs is 1. The predicted molar refractivity (Wildman–Crippen MR) is 85.1 cm³/mol. The fraction of sp³-hybridized carbons (Fsp3) is 0.438. The minimum atomic E-state index is -0.0252. The third-order valence-electron chi connectivity index (χ3n) is 4.40. The molecule has 1 aromatic heterocycles. The maximum atomic E-state index is 12.3. The predicted octanol–water partition coefficient (Wildman–Crippen LogP) is 3.65. The summed E-state index contributed by atoms with van der Waals surface area (Å²) in [5.41, 5.74) is 6.71. The van der Waals surface area contributed by atoms with Gasteiger partial charge in [0, 0.05) is 16.6 Å². The molecule has 1 amide bonds. The van der Waals surface area contributed by atoms with Crippen molar-refractivity contribution in [2.24, 2.45) is 11.8 Å². The van der Waals surface area contributed by atoms with Gasteiger partial charge in [-0.15, -0.1) is 11.3 Å². The van der Waals surface area contributed by atoms with Crippen molar-refractivity contribution in [1.29, 1.82) is 0 Å². The van der Waals surface area contributed by atoms with E-state index in [1.165, 1.54) is 30.6 Å². The van der Waals surface area contributed by atoms with Gasteiger partial charge in [0.1, 0.15) is 4.88 Å². The second-order valence-electron chi connectivity index (χ2n) is 5.72. The number of rotatable bonds is 3. The lowest BCUT2D eigenvalue weighted by Crippen LogP contribution is -2.30. The van der Waals surface area contributed by atoms with Crippen molar-refractivity contribution in [3.05, 3.63) is 29.1 Å². The molecule has 1 fully saturated rings. The number of amides is 1. The molecule has 1 aromatic carbocycles. The number of hydrogen-bond donors (Lipinski definition) is 2. The van der Waals surface area contributed by atoms with E-state index in [4.69, 9.17) is 5.73 Å². The van der Waals surface area contributed by atoms with Crippen LogP contribution in [-0.2, 0) is 0 Å². The van der Waals surface area contributed by atoms with Crippen LogP contribution in [0.3, 0.4) is 0 Å². The van der Waals surface area contributed by atoms with Gasteiger partial charge in [0.2, 0.25) is 0 Å². The topological polar surface area (TPSA) is 55.1 Å². The molecule has 0 saturated heterocycles. The van der Waals surface area contributed by atoms with Crippen molar-refractivity contribution in [1.82, 2.24) is 5.32 Å². The van der Waals surface area contributed by atoms with Crippen LogP contribution in [0, 0.1) is 11.8 Å². The fourth-order valence-electron chi connectivity index (χ4n) is 3.06. The Labute approximate surface area is 123 Å². The van der Waals surface area contributed by atoms with Gasteiger partial charge in [-0.2, -0.15) is 0 Å². The Bertz CT molecular complexity index is 634. The molecule has 1 saturated carbocycles. The highest BCUT2D eigenvalue weighted by atomic mass is 32.1. The highest BCUT2D eigenvalue weighted by Crippen LogP contribution is 2.34. The van der Waals surface area contributed by atoms with Crippen molar-refractivity contribution in [2.75, 3.05) is 12.3 Å². The summed E-state index contributed by atoms with van der Waals surface area (Å²) in [6.07, 6.45) is 3.79. The molecule has 0 spiro atoms. The highest BCUT2D eigenvalue weighted by molar-refractivity contribution is 7.21. The molecule has 0 aliphatic heterocycles. The second-order valence-corrected chi connectivity index (χ2v) is 6.77. The van der Waals surface area contributed by atoms with Crippen LogP contribution < -0.4 is 11.1 Å². The number of nitrogens with one attached hydrogen (secondary N) is 1. The lowest BCUT2D eigenvalue weighted by atomic mass is 9.98. The minimum absolute atomic E-state index is 0.0252. The van der Waals surface area contributed by atoms with Gasteiger partial charge in [-0.25, -0.2) is 0 Å². The third-order valence-corrected chi connectivity index (χ3v) is 5.59. The van der Waals surface area contributed by atoms with Gasteiger partial charge >= 0.3 is 0 Å². The van der Waals surface area contributed by atoms with Crippen LogP contribution in [0.15, 0.2) is 24.3 Å². The van der Waals surface area contributed by atoms with E-state index < -0.39 is 0 Å². The van der Waals surface area contributed by atoms with Crippen molar-refractivity contribution < 1.29 is 4.79 Å². The summed E-state index contributed by atoms with van der Waals surface area (Å²) in [5.74, 6) is 1.31. The summed E-state index contributed by atoms with van der Waals surface area (Å²) in [4.78, 5) is 13.0. The molecule has 1 aliphatic rings. The summed E-state index contributed by atoms with van der Waals surface area (Å²) < 4.78 is 1.07. The maximum absolute atomic E-state index is 12.3. The van der Waals surface area contributed by atoms with Crippen LogP contribution in [0.4, 0.5) is 5.69 Å². The number of nitrogens with two attached hydrogens (primary N) is 1. The smallest absolute Gasteiger partial charge is 0.263 e. The van der Waals surface area contributed by atoms with Gasteiger partial charge in [-0.05, 0) is 24.3 Å². The summed E-state index contributed by atoms with van der Waals surface area (Å²) in [7, 11) is 0. The van der Waals surface area contributed by atoms with E-state index in [0.717, 1.165) is 22.5 Å². The zero-order chi connectivity index (χ0) is 14.1. The standard InChI is InChI=1S/C16H20N2OS/c1-10-5-4-6-11(10)9-18-16(19)15-14(17)12-7-2-3-8-13(12)20-15/h2-3,7-8,10-11H,4-6,9,17H2,1H3,(H,18,19). The van der Waals surface area contributed by atoms with Crippen LogP contribution in [0.1, 0.15) is 35.9 Å². The normalized spacial score (nSPS) is 22.2. The molecule has 1 heterocycles. The first-order chi connectivity index (χ1) is 9.66. The first-order valence-electron chi connectivity index (χ1n) is 7.22. The number of carbonyl (C=O) groups excluding carboxylic acids is 1. The SMILES string of the molecule is CC1CCCC1CNC(=O)c1sc2ccccc2c1N. The average molecular weight is 288 g/mol. The molecule has 4 heteroatoms. The largest absolute Gasteiger partial charge is 0.397 e. The summed E-state index contributed by atoms with van der Waals surface area (Å²) in [6.45, 7) is 3.05. The second kappa shape index (κ2) is 5.44. The number of thiophene rings is 1. The Morgan fingerprint density at radius 3 is 2.90 bits per heavy atom. The lowest BCUT2D eigenvalue weighted by molar-refractivity contribution is 0.0949. The van der Waals surface area contributed by atoms with E-state index in [1.54, 1.807) is 0 Å². The molecule has 3 N–H and O–H groups in total. The van der Waals surface area contributed by atoms with Crippen molar-refractivity contribution in [3.63, 3.8) is 0 Å². The summed E-state index contributed by atoms with van der Waals surface area (Å²) >= 11 is 1.48. The molecule has 2 aromatic rings. The molecular formula is C16H20N2OS. The van der Waals surface area contributed by atoms with E-state index in [1.807, 2.05) is 24.3 Å². The number of hydrogen-bond acceptors (Lipinski definition) is 3. The molecule has 3 rings (SSSR count). The molecular weight excluding hydrogens is 268 g/mol. The van der Waals surface area contributed by atoms with E-state index in [9.17, 15) is 4.79 Å². The van der Waals surface area contributed by atoms with E-state index in [-0.39, 0.29) is 5.91 Å². The number of anilines is 1. The van der Waals surface area contributed by atoms with Crippen LogP contribution in [-0.4, -0.2) is 12.5 Å². The molecule has 2 unspecified atom stereocenters. The number of carbonyl (C=O) groups is 1. The van der Waals surface area contributed by atoms with E-state index in [0.29, 0.717) is 16.5 Å². The Kier molecular flexibility index (Phi) is 3.66. The Hall–Kier alpha value is -1.55. The number of benzene rings is 1. The van der Waals surface area contributed by atoms with E-state index >= 15 is 0 Å². The quantitative estimate of drug-likeness (QED) is 0.905. The Morgan fingerprint density at radius 1 is 1.40 bits per heavy atom. The molecule has 0 radical (unpaired) electrons. The Balaban J connectivity index is 1.74. The van der Waals surface area contributed by atoms with Crippen LogP contribution in [0.25, 0.3) is 10.1 Å². The van der Waals surface area contributed by atoms with Gasteiger partial charge in [-0.3, -0.25) is 4.79 Å². The Morgan fingerprint density at radius 2 is 2.20 bits per heavy atom. The van der Waals surface area contributed by atoms with Crippen LogP contribution >= 0.6 is 11.3 Å². The van der Waals surface area contributed by atoms with Crippen LogP contribution in [0.5, 0.6) is 0 Å². The highest BCUT2D eigenvalue weighted by Gasteiger charge is 2.24. The van der Waals surface area contributed by atoms with Crippen molar-refractivity contribution in [3.8, 4) is 0 Å². The molecule has 20 heavy (non-hydrogen) atoms. The molecule has 0 bridgehead atoms. The summed E-state index contributed by atoms with van der Waals surface area (Å²) in [5, 5.41) is 4.05. The molecule has 1 aliphatic carbocycles. The lowest BCUT2D eigenvalue weighted by Gasteiger charge is -2.15. The fourth-order valence-corrected chi connectivity index (χ4v) is 4.10. The average Bonchev–Trinajstić information content (AvgIpc) is 3.01. The molecule has 3 nitrogen and oxygen atoms in total. The number of nitrogen functional groups attached to an aromatic ring is 1. The monoisotopic (exact) mass is 288 g/mol. The first-order valence-corrected chi connectivity index (χ1v) is 8.03. The summed E-state index contributed by atoms with van der Waals surface area (Å²) in [6, 6.07) is 7.90. The minimum Gasteiger partial charge on any atom is -0.397 e. The molecule has 106 valence electrons. The van der Waals surface area contributed by atoms with Gasteiger partial charge in [0.25, 0.3) is 5.91 Å². The van der Waals surface area contributed by atoms with Gasteiger partial charge in [-0.1, -0.05) is 38.0 Å². The maximum Gasteiger partial charge on any atom is 0.263 e. The van der Waals surface area contributed by atoms with Crippen LogP contribution in [0.2, 0.25) is 0 Å². The van der Waals surface area contributed by atoms with Gasteiger partial charge in [0.15, 0.2) is 0 Å². The van der Waals surface area contributed by atoms with E-state index in [2.05, 4.69) is 12.2 Å². The zero-order valence-electron chi connectivity index (χ0n) is 11.7. The van der Waals surface area contributed by atoms with Crippen molar-refractivity contribution in [2.45, 2.75) is 26.2 Å². The van der Waals surface area contributed by atoms with Gasteiger partial charge < -0.3 is 11.1 Å².